The molecule has 0 radical (unpaired) electrons. The molecular formula is C24H29N3O6S. The van der Waals surface area contributed by atoms with Crippen molar-refractivity contribution in [2.45, 2.75) is 33.1 Å². The van der Waals surface area contributed by atoms with E-state index in [2.05, 4.69) is 10.6 Å². The summed E-state index contributed by atoms with van der Waals surface area (Å²) >= 11 is 1.29. The monoisotopic (exact) mass is 487 g/mol. The van der Waals surface area contributed by atoms with Gasteiger partial charge in [0.2, 0.25) is 0 Å². The second kappa shape index (κ2) is 12.2. The lowest BCUT2D eigenvalue weighted by Crippen LogP contribution is -2.43. The van der Waals surface area contributed by atoms with Crippen LogP contribution in [0.5, 0.6) is 0 Å². The molecule has 3 rings (SSSR count). The molecule has 2 N–H and O–H groups in total. The summed E-state index contributed by atoms with van der Waals surface area (Å²) in [5, 5.41) is 5.86. The number of carbonyl (C=O) groups is 4. The third kappa shape index (κ3) is 6.80. The Morgan fingerprint density at radius 3 is 2.38 bits per heavy atom. The van der Waals surface area contributed by atoms with Crippen molar-refractivity contribution in [1.82, 2.24) is 4.90 Å². The van der Waals surface area contributed by atoms with Crippen LogP contribution in [0.3, 0.4) is 0 Å². The summed E-state index contributed by atoms with van der Waals surface area (Å²) in [5.74, 6) is -1.88. The first kappa shape index (κ1) is 25.2. The van der Waals surface area contributed by atoms with Crippen LogP contribution in [0.4, 0.5) is 15.5 Å². The number of hydrogen-bond donors (Lipinski definition) is 2. The van der Waals surface area contributed by atoms with E-state index in [-0.39, 0.29) is 18.6 Å². The molecule has 9 nitrogen and oxygen atoms in total. The third-order valence-corrected chi connectivity index (χ3v) is 6.56. The number of likely N-dealkylation sites (tertiary alicyclic amines) is 1. The Bertz CT molecular complexity index is 1010. The number of carbonyl (C=O) groups excluding carboxylic acids is 4. The molecule has 1 fully saturated rings. The van der Waals surface area contributed by atoms with Gasteiger partial charge in [-0.15, -0.1) is 11.3 Å². The number of urea groups is 1. The number of nitrogens with one attached hydrogen (secondary N) is 2. The van der Waals surface area contributed by atoms with E-state index in [4.69, 9.17) is 9.47 Å². The van der Waals surface area contributed by atoms with E-state index in [9.17, 15) is 19.2 Å². The van der Waals surface area contributed by atoms with Crippen LogP contribution < -0.4 is 10.6 Å². The van der Waals surface area contributed by atoms with Gasteiger partial charge in [-0.25, -0.2) is 9.59 Å². The Labute approximate surface area is 202 Å². The Morgan fingerprint density at radius 2 is 1.74 bits per heavy atom. The molecule has 0 spiro atoms. The van der Waals surface area contributed by atoms with Crippen LogP contribution in [-0.4, -0.2) is 55.1 Å². The first-order chi connectivity index (χ1) is 16.4. The Balaban J connectivity index is 1.45. The molecule has 1 aliphatic heterocycles. The van der Waals surface area contributed by atoms with Crippen molar-refractivity contribution >= 4 is 45.9 Å². The fourth-order valence-electron chi connectivity index (χ4n) is 3.53. The summed E-state index contributed by atoms with van der Waals surface area (Å²) in [7, 11) is 0. The average molecular weight is 488 g/mol. The second-order valence-electron chi connectivity index (χ2n) is 7.74. The first-order valence-corrected chi connectivity index (χ1v) is 12.1. The summed E-state index contributed by atoms with van der Waals surface area (Å²) in [4.78, 5) is 51.9. The molecular weight excluding hydrogens is 458 g/mol. The van der Waals surface area contributed by atoms with Crippen LogP contribution in [0, 0.1) is 5.92 Å². The minimum Gasteiger partial charge on any atom is -0.462 e. The van der Waals surface area contributed by atoms with Gasteiger partial charge in [-0.1, -0.05) is 25.1 Å². The van der Waals surface area contributed by atoms with Crippen LogP contribution in [0.15, 0.2) is 36.4 Å². The molecule has 0 unspecified atom stereocenters. The highest BCUT2D eigenvalue weighted by Gasteiger charge is 2.29. The molecule has 2 heterocycles. The van der Waals surface area contributed by atoms with Crippen molar-refractivity contribution in [1.29, 1.82) is 0 Å². The van der Waals surface area contributed by atoms with Gasteiger partial charge in [-0.05, 0) is 44.4 Å². The largest absolute Gasteiger partial charge is 0.462 e. The lowest BCUT2D eigenvalue weighted by atomic mass is 9.97. The molecule has 34 heavy (non-hydrogen) atoms. The number of hydrogen-bond acceptors (Lipinski definition) is 7. The number of anilines is 2. The molecule has 0 atom stereocenters. The smallest absolute Gasteiger partial charge is 0.341 e. The number of benzene rings is 1. The van der Waals surface area contributed by atoms with E-state index in [0.29, 0.717) is 48.6 Å². The number of ether oxygens (including phenoxy) is 2. The van der Waals surface area contributed by atoms with Crippen molar-refractivity contribution in [2.75, 3.05) is 36.9 Å². The van der Waals surface area contributed by atoms with Crippen molar-refractivity contribution < 1.29 is 28.7 Å². The summed E-state index contributed by atoms with van der Waals surface area (Å²) < 4.78 is 10.2. The summed E-state index contributed by atoms with van der Waals surface area (Å²) in [5.41, 5.74) is 1.01. The Morgan fingerprint density at radius 1 is 1.03 bits per heavy atom. The maximum absolute atomic E-state index is 12.4. The minimum absolute atomic E-state index is 0.211. The number of nitrogens with zero attached hydrogens (tertiary/aromatic N) is 1. The summed E-state index contributed by atoms with van der Waals surface area (Å²) in [6.45, 7) is 4.28. The second-order valence-corrected chi connectivity index (χ2v) is 8.88. The summed E-state index contributed by atoms with van der Waals surface area (Å²) in [6, 6.07) is 10.7. The average Bonchev–Trinajstić information content (AvgIpc) is 3.26. The molecule has 0 saturated carbocycles. The van der Waals surface area contributed by atoms with Crippen LogP contribution in [0.1, 0.15) is 41.9 Å². The van der Waals surface area contributed by atoms with Crippen molar-refractivity contribution in [3.8, 4) is 0 Å². The normalized spacial score (nSPS) is 13.8. The zero-order valence-electron chi connectivity index (χ0n) is 19.3. The molecule has 1 aromatic heterocycles. The van der Waals surface area contributed by atoms with Gasteiger partial charge in [-0.2, -0.15) is 0 Å². The number of aryl methyl sites for hydroxylation is 1. The molecule has 0 bridgehead atoms. The fraction of sp³-hybridized carbons (Fsp3) is 0.417. The topological polar surface area (TPSA) is 114 Å². The highest BCUT2D eigenvalue weighted by molar-refractivity contribution is 7.16. The van der Waals surface area contributed by atoms with Crippen LogP contribution in [-0.2, 0) is 25.5 Å². The van der Waals surface area contributed by atoms with E-state index < -0.39 is 24.5 Å². The number of para-hydroxylation sites is 1. The maximum Gasteiger partial charge on any atom is 0.341 e. The van der Waals surface area contributed by atoms with E-state index in [1.54, 1.807) is 17.9 Å². The number of esters is 2. The predicted molar refractivity (Wildman–Crippen MR) is 129 cm³/mol. The summed E-state index contributed by atoms with van der Waals surface area (Å²) in [6.07, 6.45) is 1.63. The number of amides is 3. The van der Waals surface area contributed by atoms with Gasteiger partial charge in [0.25, 0.3) is 5.91 Å². The maximum atomic E-state index is 12.4. The molecule has 1 saturated heterocycles. The molecule has 182 valence electrons. The predicted octanol–water partition coefficient (Wildman–Crippen LogP) is 3.91. The lowest BCUT2D eigenvalue weighted by molar-refractivity contribution is -0.152. The molecule has 0 aliphatic carbocycles. The third-order valence-electron chi connectivity index (χ3n) is 5.37. The molecule has 3 amide bonds. The van der Waals surface area contributed by atoms with E-state index >= 15 is 0 Å². The van der Waals surface area contributed by atoms with Gasteiger partial charge in [0.15, 0.2) is 6.61 Å². The van der Waals surface area contributed by atoms with E-state index in [1.165, 1.54) is 11.3 Å². The number of rotatable bonds is 8. The number of piperidine rings is 1. The van der Waals surface area contributed by atoms with Gasteiger partial charge >= 0.3 is 18.0 Å². The van der Waals surface area contributed by atoms with Crippen molar-refractivity contribution in [3.63, 3.8) is 0 Å². The highest BCUT2D eigenvalue weighted by atomic mass is 32.1. The van der Waals surface area contributed by atoms with Crippen LogP contribution >= 0.6 is 11.3 Å². The van der Waals surface area contributed by atoms with E-state index in [1.807, 2.05) is 37.3 Å². The van der Waals surface area contributed by atoms with Gasteiger partial charge in [0.05, 0.1) is 18.1 Å². The van der Waals surface area contributed by atoms with Crippen LogP contribution in [0.2, 0.25) is 0 Å². The quantitative estimate of drug-likeness (QED) is 0.546. The van der Waals surface area contributed by atoms with Crippen LogP contribution in [0.25, 0.3) is 0 Å². The Kier molecular flexibility index (Phi) is 9.03. The zero-order valence-corrected chi connectivity index (χ0v) is 20.1. The van der Waals surface area contributed by atoms with E-state index in [0.717, 1.165) is 4.88 Å². The van der Waals surface area contributed by atoms with Gasteiger partial charge in [-0.3, -0.25) is 9.59 Å². The van der Waals surface area contributed by atoms with Gasteiger partial charge in [0.1, 0.15) is 5.00 Å². The SMILES string of the molecule is CCOC(=O)c1cc(CC)sc1NC(=O)COC(=O)C1CCN(C(=O)Nc2ccccc2)CC1. The van der Waals surface area contributed by atoms with Crippen molar-refractivity contribution in [2.24, 2.45) is 5.92 Å². The van der Waals surface area contributed by atoms with Gasteiger partial charge < -0.3 is 25.0 Å². The fourth-order valence-corrected chi connectivity index (χ4v) is 4.53. The zero-order chi connectivity index (χ0) is 24.5. The first-order valence-electron chi connectivity index (χ1n) is 11.3. The lowest BCUT2D eigenvalue weighted by Gasteiger charge is -2.30. The molecule has 1 aromatic carbocycles. The standard InChI is InChI=1S/C24H29N3O6S/c1-3-18-14-19(23(30)32-4-2)21(34-18)26-20(28)15-33-22(29)16-10-12-27(13-11-16)24(31)25-17-8-6-5-7-9-17/h5-9,14,16H,3-4,10-13,15H2,1-2H3,(H,25,31)(H,26,28). The molecule has 1 aliphatic rings. The molecule has 10 heteroatoms. The Hall–Kier alpha value is -3.40. The van der Waals surface area contributed by atoms with Gasteiger partial charge in [0, 0.05) is 23.7 Å². The minimum atomic E-state index is -0.525. The molecule has 2 aromatic rings. The highest BCUT2D eigenvalue weighted by Crippen LogP contribution is 2.29. The van der Waals surface area contributed by atoms with Crippen molar-refractivity contribution in [3.05, 3.63) is 46.8 Å². The number of thiophene rings is 1.